The van der Waals surface area contributed by atoms with Crippen molar-refractivity contribution in [2.75, 3.05) is 38.3 Å². The van der Waals surface area contributed by atoms with Crippen LogP contribution in [0.15, 0.2) is 34.7 Å². The van der Waals surface area contributed by atoms with E-state index in [0.717, 1.165) is 24.3 Å². The molecule has 8 heteroatoms. The molecule has 4 rings (SSSR count). The number of ether oxygens (including phenoxy) is 2. The molecule has 0 radical (unpaired) electrons. The molecule has 1 aromatic carbocycles. The molecule has 1 aliphatic rings. The molecule has 0 aliphatic carbocycles. The summed E-state index contributed by atoms with van der Waals surface area (Å²) in [4.78, 5) is 23.4. The van der Waals surface area contributed by atoms with Gasteiger partial charge in [-0.2, -0.15) is 4.98 Å². The van der Waals surface area contributed by atoms with E-state index >= 15 is 0 Å². The summed E-state index contributed by atoms with van der Waals surface area (Å²) in [6, 6.07) is 9.07. The molecule has 0 unspecified atom stereocenters. The third-order valence-corrected chi connectivity index (χ3v) is 4.82. The number of methoxy groups -OCH3 is 1. The first-order chi connectivity index (χ1) is 14.1. The molecule has 0 saturated carbocycles. The number of nitrogens with zero attached hydrogens (tertiary/aromatic N) is 3. The highest BCUT2D eigenvalue weighted by atomic mass is 16.5. The molecule has 152 valence electrons. The van der Waals surface area contributed by atoms with Crippen molar-refractivity contribution >= 4 is 22.7 Å². The highest BCUT2D eigenvalue weighted by Gasteiger charge is 2.16. The van der Waals surface area contributed by atoms with Crippen LogP contribution in [0.2, 0.25) is 0 Å². The van der Waals surface area contributed by atoms with Gasteiger partial charge in [0, 0.05) is 24.5 Å². The molecule has 1 aliphatic heterocycles. The lowest BCUT2D eigenvalue weighted by molar-refractivity contribution is 0.0921. The fourth-order valence-corrected chi connectivity index (χ4v) is 3.42. The average molecular weight is 396 g/mol. The fraction of sp³-hybridized carbons (Fsp3) is 0.381. The van der Waals surface area contributed by atoms with E-state index in [1.165, 1.54) is 12.8 Å². The number of carbonyl (C=O) groups is 1. The molecule has 8 nitrogen and oxygen atoms in total. The minimum absolute atomic E-state index is 0.235. The van der Waals surface area contributed by atoms with Gasteiger partial charge < -0.3 is 24.1 Å². The normalized spacial score (nSPS) is 13.7. The van der Waals surface area contributed by atoms with Crippen LogP contribution in [0.4, 0.5) is 5.82 Å². The Morgan fingerprint density at radius 2 is 2.07 bits per heavy atom. The summed E-state index contributed by atoms with van der Waals surface area (Å²) >= 11 is 0. The lowest BCUT2D eigenvalue weighted by Gasteiger charge is -2.17. The van der Waals surface area contributed by atoms with Gasteiger partial charge in [-0.05, 0) is 31.9 Å². The Labute approximate surface area is 168 Å². The van der Waals surface area contributed by atoms with Gasteiger partial charge in [-0.25, -0.2) is 4.98 Å². The topological polar surface area (TPSA) is 89.7 Å². The molecule has 0 spiro atoms. The first-order valence-corrected chi connectivity index (χ1v) is 9.72. The van der Waals surface area contributed by atoms with Gasteiger partial charge in [0.2, 0.25) is 5.88 Å². The maximum absolute atomic E-state index is 12.4. The van der Waals surface area contributed by atoms with Crippen LogP contribution in [-0.4, -0.2) is 49.2 Å². The first-order valence-electron chi connectivity index (χ1n) is 9.72. The van der Waals surface area contributed by atoms with Crippen LogP contribution in [-0.2, 0) is 0 Å². The number of para-hydroxylation sites is 1. The van der Waals surface area contributed by atoms with Crippen LogP contribution in [0.25, 0.3) is 11.0 Å². The monoisotopic (exact) mass is 396 g/mol. The van der Waals surface area contributed by atoms with Crippen molar-refractivity contribution in [3.05, 3.63) is 41.9 Å². The standard InChI is InChI=1S/C21H24N4O4/c1-14-23-18(25-9-3-4-10-25)13-19(24-14)28-11-8-22-21(26)17-12-15-6-5-7-16(27-2)20(15)29-17/h5-7,12-13H,3-4,8-11H2,1-2H3,(H,22,26). The molecule has 0 atom stereocenters. The van der Waals surface area contributed by atoms with E-state index in [1.54, 1.807) is 19.2 Å². The van der Waals surface area contributed by atoms with E-state index in [2.05, 4.69) is 20.2 Å². The zero-order chi connectivity index (χ0) is 20.2. The number of carbonyl (C=O) groups excluding carboxylic acids is 1. The van der Waals surface area contributed by atoms with Crippen molar-refractivity contribution in [3.8, 4) is 11.6 Å². The Balaban J connectivity index is 1.33. The quantitative estimate of drug-likeness (QED) is 0.614. The van der Waals surface area contributed by atoms with Crippen LogP contribution in [0.1, 0.15) is 29.2 Å². The minimum atomic E-state index is -0.302. The molecule has 1 saturated heterocycles. The number of hydrogen-bond donors (Lipinski definition) is 1. The molecular formula is C21H24N4O4. The number of nitrogens with one attached hydrogen (secondary N) is 1. The highest BCUT2D eigenvalue weighted by Crippen LogP contribution is 2.28. The smallest absolute Gasteiger partial charge is 0.287 e. The molecule has 0 bridgehead atoms. The number of anilines is 1. The van der Waals surface area contributed by atoms with E-state index < -0.39 is 0 Å². The van der Waals surface area contributed by atoms with E-state index in [4.69, 9.17) is 13.9 Å². The van der Waals surface area contributed by atoms with Gasteiger partial charge in [0.1, 0.15) is 18.2 Å². The molecular weight excluding hydrogens is 372 g/mol. The Bertz CT molecular complexity index is 1010. The number of aryl methyl sites for hydroxylation is 1. The van der Waals surface area contributed by atoms with Crippen LogP contribution in [0.3, 0.4) is 0 Å². The Morgan fingerprint density at radius 3 is 2.86 bits per heavy atom. The number of fused-ring (bicyclic) bond motifs is 1. The SMILES string of the molecule is COc1cccc2cc(C(=O)NCCOc3cc(N4CCCC4)nc(C)n3)oc12. The molecule has 1 amide bonds. The van der Waals surface area contributed by atoms with Gasteiger partial charge in [0.15, 0.2) is 17.1 Å². The van der Waals surface area contributed by atoms with E-state index in [-0.39, 0.29) is 11.7 Å². The molecule has 29 heavy (non-hydrogen) atoms. The van der Waals surface area contributed by atoms with E-state index in [0.29, 0.717) is 36.2 Å². The van der Waals surface area contributed by atoms with Crippen molar-refractivity contribution in [2.24, 2.45) is 0 Å². The van der Waals surface area contributed by atoms with Gasteiger partial charge in [0.05, 0.1) is 13.7 Å². The number of rotatable bonds is 7. The Hall–Kier alpha value is -3.29. The van der Waals surface area contributed by atoms with Crippen molar-refractivity contribution in [1.29, 1.82) is 0 Å². The largest absolute Gasteiger partial charge is 0.493 e. The lowest BCUT2D eigenvalue weighted by Crippen LogP contribution is -2.28. The first kappa shape index (κ1) is 19.0. The number of aromatic nitrogens is 2. The maximum Gasteiger partial charge on any atom is 0.287 e. The highest BCUT2D eigenvalue weighted by molar-refractivity contribution is 5.97. The fourth-order valence-electron chi connectivity index (χ4n) is 3.42. The Morgan fingerprint density at radius 1 is 1.24 bits per heavy atom. The van der Waals surface area contributed by atoms with Crippen LogP contribution in [0.5, 0.6) is 11.6 Å². The summed E-state index contributed by atoms with van der Waals surface area (Å²) < 4.78 is 16.6. The second kappa shape index (κ2) is 8.38. The predicted molar refractivity (Wildman–Crippen MR) is 109 cm³/mol. The summed E-state index contributed by atoms with van der Waals surface area (Å²) in [5, 5.41) is 3.62. The number of hydrogen-bond acceptors (Lipinski definition) is 7. The van der Waals surface area contributed by atoms with Gasteiger partial charge >= 0.3 is 0 Å². The zero-order valence-electron chi connectivity index (χ0n) is 16.6. The van der Waals surface area contributed by atoms with E-state index in [9.17, 15) is 4.79 Å². The van der Waals surface area contributed by atoms with Crippen molar-refractivity contribution in [3.63, 3.8) is 0 Å². The molecule has 2 aromatic heterocycles. The van der Waals surface area contributed by atoms with Crippen molar-refractivity contribution in [2.45, 2.75) is 19.8 Å². The number of benzene rings is 1. The molecule has 3 aromatic rings. The summed E-state index contributed by atoms with van der Waals surface area (Å²) in [7, 11) is 1.57. The van der Waals surface area contributed by atoms with Crippen molar-refractivity contribution in [1.82, 2.24) is 15.3 Å². The third kappa shape index (κ3) is 4.26. The summed E-state index contributed by atoms with van der Waals surface area (Å²) in [5.41, 5.74) is 0.558. The summed E-state index contributed by atoms with van der Waals surface area (Å²) in [6.07, 6.45) is 2.36. The van der Waals surface area contributed by atoms with Gasteiger partial charge in [-0.1, -0.05) is 12.1 Å². The number of furan rings is 1. The van der Waals surface area contributed by atoms with E-state index in [1.807, 2.05) is 25.1 Å². The summed E-state index contributed by atoms with van der Waals surface area (Å²) in [6.45, 7) is 4.49. The Kier molecular flexibility index (Phi) is 5.50. The average Bonchev–Trinajstić information content (AvgIpc) is 3.40. The van der Waals surface area contributed by atoms with Crippen LogP contribution in [0, 0.1) is 6.92 Å². The zero-order valence-corrected chi connectivity index (χ0v) is 16.6. The van der Waals surface area contributed by atoms with Gasteiger partial charge in [-0.15, -0.1) is 0 Å². The molecule has 1 N–H and O–H groups in total. The van der Waals surface area contributed by atoms with Crippen LogP contribution >= 0.6 is 0 Å². The minimum Gasteiger partial charge on any atom is -0.493 e. The predicted octanol–water partition coefficient (Wildman–Crippen LogP) is 2.95. The summed E-state index contributed by atoms with van der Waals surface area (Å²) in [5.74, 6) is 2.61. The van der Waals surface area contributed by atoms with Gasteiger partial charge in [-0.3, -0.25) is 4.79 Å². The number of amides is 1. The lowest BCUT2D eigenvalue weighted by atomic mass is 10.2. The molecule has 1 fully saturated rings. The van der Waals surface area contributed by atoms with Crippen molar-refractivity contribution < 1.29 is 18.7 Å². The van der Waals surface area contributed by atoms with Crippen LogP contribution < -0.4 is 19.7 Å². The second-order valence-electron chi connectivity index (χ2n) is 6.90. The van der Waals surface area contributed by atoms with Gasteiger partial charge in [0.25, 0.3) is 5.91 Å². The second-order valence-corrected chi connectivity index (χ2v) is 6.90. The maximum atomic E-state index is 12.4. The molecule has 3 heterocycles. The third-order valence-electron chi connectivity index (χ3n) is 4.82.